The predicted octanol–water partition coefficient (Wildman–Crippen LogP) is 3.36. The lowest BCUT2D eigenvalue weighted by Crippen LogP contribution is -2.30. The molecule has 0 aliphatic rings. The maximum atomic E-state index is 11.3. The molecule has 1 rings (SSSR count). The molecule has 0 aliphatic heterocycles. The third-order valence-corrected chi connectivity index (χ3v) is 2.93. The van der Waals surface area contributed by atoms with Crippen molar-refractivity contribution in [2.24, 2.45) is 0 Å². The fourth-order valence-electron chi connectivity index (χ4n) is 1.70. The van der Waals surface area contributed by atoms with Gasteiger partial charge in [-0.3, -0.25) is 4.90 Å². The maximum absolute atomic E-state index is 11.3. The Morgan fingerprint density at radius 1 is 1.29 bits per heavy atom. The number of nitrogens with zero attached hydrogens (tertiary/aromatic N) is 1. The van der Waals surface area contributed by atoms with Crippen LogP contribution in [0.4, 0.5) is 0 Å². The Labute approximate surface area is 111 Å². The van der Waals surface area contributed by atoms with Gasteiger partial charge in [0.15, 0.2) is 0 Å². The highest BCUT2D eigenvalue weighted by atomic mass is 79.9. The van der Waals surface area contributed by atoms with Crippen LogP contribution in [-0.4, -0.2) is 24.3 Å². The molecule has 0 heterocycles. The van der Waals surface area contributed by atoms with E-state index in [1.54, 1.807) is 12.2 Å². The summed E-state index contributed by atoms with van der Waals surface area (Å²) in [6, 6.07) is 7.51. The smallest absolute Gasteiger partial charge is 0.141 e. The number of benzene rings is 1. The second-order valence-electron chi connectivity index (χ2n) is 3.67. The highest BCUT2D eigenvalue weighted by Gasteiger charge is 2.17. The quantitative estimate of drug-likeness (QED) is 0.567. The van der Waals surface area contributed by atoms with Gasteiger partial charge in [-0.05, 0) is 17.7 Å². The fourth-order valence-corrected chi connectivity index (χ4v) is 2.12. The van der Waals surface area contributed by atoms with E-state index in [1.165, 1.54) is 0 Å². The summed E-state index contributed by atoms with van der Waals surface area (Å²) in [5.74, 6) is 0. The van der Waals surface area contributed by atoms with Gasteiger partial charge in [0.2, 0.25) is 0 Å². The molecule has 90 valence electrons. The van der Waals surface area contributed by atoms with Crippen molar-refractivity contribution in [2.75, 3.05) is 13.1 Å². The summed E-state index contributed by atoms with van der Waals surface area (Å²) in [7, 11) is 0. The van der Waals surface area contributed by atoms with Crippen molar-refractivity contribution in [2.45, 2.75) is 6.04 Å². The average molecular weight is 294 g/mol. The summed E-state index contributed by atoms with van der Waals surface area (Å²) in [6.45, 7) is 8.73. The van der Waals surface area contributed by atoms with Crippen LogP contribution in [0.1, 0.15) is 11.6 Å². The van der Waals surface area contributed by atoms with Crippen LogP contribution < -0.4 is 0 Å². The first-order valence-corrected chi connectivity index (χ1v) is 6.18. The van der Waals surface area contributed by atoms with Crippen LogP contribution in [0.5, 0.6) is 0 Å². The van der Waals surface area contributed by atoms with Crippen molar-refractivity contribution in [3.8, 4) is 0 Å². The second-order valence-corrected chi connectivity index (χ2v) is 4.58. The zero-order valence-corrected chi connectivity index (χ0v) is 11.3. The number of rotatable bonds is 7. The van der Waals surface area contributed by atoms with Crippen LogP contribution in [0.15, 0.2) is 54.0 Å². The van der Waals surface area contributed by atoms with E-state index in [2.05, 4.69) is 29.1 Å². The number of hydrogen-bond donors (Lipinski definition) is 0. The fraction of sp³-hybridized carbons (Fsp3) is 0.214. The van der Waals surface area contributed by atoms with Gasteiger partial charge in [0.25, 0.3) is 0 Å². The molecule has 0 saturated heterocycles. The van der Waals surface area contributed by atoms with Crippen LogP contribution in [0.2, 0.25) is 0 Å². The molecular formula is C14H16BrNO. The van der Waals surface area contributed by atoms with E-state index in [0.29, 0.717) is 13.1 Å². The summed E-state index contributed by atoms with van der Waals surface area (Å²) in [4.78, 5) is 13.3. The monoisotopic (exact) mass is 293 g/mol. The number of carbonyl (C=O) groups excluding carboxylic acids is 1. The summed E-state index contributed by atoms with van der Waals surface area (Å²) < 4.78 is 0.971. The molecule has 0 aliphatic carbocycles. The summed E-state index contributed by atoms with van der Waals surface area (Å²) in [5.41, 5.74) is 0.970. The Kier molecular flexibility index (Phi) is 5.87. The van der Waals surface area contributed by atoms with Gasteiger partial charge in [-0.15, -0.1) is 13.2 Å². The lowest BCUT2D eigenvalue weighted by Gasteiger charge is -2.25. The Hall–Kier alpha value is -1.19. The Morgan fingerprint density at radius 2 is 1.94 bits per heavy atom. The SMILES string of the molecule is C=CCN(CC=C)C(C=O)c1cccc(Br)c1. The van der Waals surface area contributed by atoms with Gasteiger partial charge in [-0.25, -0.2) is 0 Å². The zero-order chi connectivity index (χ0) is 12.7. The first kappa shape index (κ1) is 13.9. The minimum Gasteiger partial charge on any atom is -0.301 e. The van der Waals surface area contributed by atoms with Crippen molar-refractivity contribution in [1.29, 1.82) is 0 Å². The van der Waals surface area contributed by atoms with Crippen LogP contribution in [0.25, 0.3) is 0 Å². The van der Waals surface area contributed by atoms with Crippen molar-refractivity contribution in [1.82, 2.24) is 4.90 Å². The Morgan fingerprint density at radius 3 is 2.41 bits per heavy atom. The molecule has 1 unspecified atom stereocenters. The van der Waals surface area contributed by atoms with Gasteiger partial charge in [0.1, 0.15) is 6.29 Å². The van der Waals surface area contributed by atoms with E-state index in [-0.39, 0.29) is 6.04 Å². The topological polar surface area (TPSA) is 20.3 Å². The third-order valence-electron chi connectivity index (χ3n) is 2.44. The normalized spacial score (nSPS) is 12.1. The Bertz CT molecular complexity index is 393. The summed E-state index contributed by atoms with van der Waals surface area (Å²) in [6.07, 6.45) is 4.53. The maximum Gasteiger partial charge on any atom is 0.141 e. The van der Waals surface area contributed by atoms with E-state index in [0.717, 1.165) is 16.3 Å². The molecule has 0 aromatic heterocycles. The summed E-state index contributed by atoms with van der Waals surface area (Å²) >= 11 is 3.41. The van der Waals surface area contributed by atoms with Gasteiger partial charge in [-0.2, -0.15) is 0 Å². The number of aldehydes is 1. The molecule has 1 aromatic rings. The molecule has 1 aromatic carbocycles. The molecule has 0 amide bonds. The van der Waals surface area contributed by atoms with E-state index < -0.39 is 0 Å². The lowest BCUT2D eigenvalue weighted by atomic mass is 10.1. The molecule has 17 heavy (non-hydrogen) atoms. The van der Waals surface area contributed by atoms with E-state index in [4.69, 9.17) is 0 Å². The van der Waals surface area contributed by atoms with Gasteiger partial charge in [-0.1, -0.05) is 40.2 Å². The lowest BCUT2D eigenvalue weighted by molar-refractivity contribution is -0.112. The molecule has 2 nitrogen and oxygen atoms in total. The molecule has 0 N–H and O–H groups in total. The molecular weight excluding hydrogens is 278 g/mol. The molecule has 0 radical (unpaired) electrons. The van der Waals surface area contributed by atoms with E-state index in [9.17, 15) is 4.79 Å². The van der Waals surface area contributed by atoms with Gasteiger partial charge >= 0.3 is 0 Å². The van der Waals surface area contributed by atoms with Gasteiger partial charge in [0, 0.05) is 17.6 Å². The first-order chi connectivity index (χ1) is 8.22. The van der Waals surface area contributed by atoms with Crippen LogP contribution >= 0.6 is 15.9 Å². The highest BCUT2D eigenvalue weighted by Crippen LogP contribution is 2.22. The number of halogens is 1. The molecule has 0 spiro atoms. The number of hydrogen-bond acceptors (Lipinski definition) is 2. The average Bonchev–Trinajstić information content (AvgIpc) is 2.31. The van der Waals surface area contributed by atoms with Gasteiger partial charge < -0.3 is 4.79 Å². The minimum absolute atomic E-state index is 0.261. The first-order valence-electron chi connectivity index (χ1n) is 5.39. The number of carbonyl (C=O) groups is 1. The van der Waals surface area contributed by atoms with Crippen molar-refractivity contribution in [3.63, 3.8) is 0 Å². The van der Waals surface area contributed by atoms with Crippen molar-refractivity contribution < 1.29 is 4.79 Å². The van der Waals surface area contributed by atoms with Crippen LogP contribution in [-0.2, 0) is 4.79 Å². The molecule has 1 atom stereocenters. The largest absolute Gasteiger partial charge is 0.301 e. The van der Waals surface area contributed by atoms with E-state index >= 15 is 0 Å². The Balaban J connectivity index is 2.98. The molecule has 0 saturated carbocycles. The summed E-state index contributed by atoms with van der Waals surface area (Å²) in [5, 5.41) is 0. The van der Waals surface area contributed by atoms with Crippen molar-refractivity contribution in [3.05, 3.63) is 59.6 Å². The molecule has 0 fully saturated rings. The van der Waals surface area contributed by atoms with Crippen molar-refractivity contribution >= 4 is 22.2 Å². The van der Waals surface area contributed by atoms with Crippen LogP contribution in [0.3, 0.4) is 0 Å². The van der Waals surface area contributed by atoms with Crippen LogP contribution in [0, 0.1) is 0 Å². The molecule has 0 bridgehead atoms. The van der Waals surface area contributed by atoms with E-state index in [1.807, 2.05) is 29.2 Å². The minimum atomic E-state index is -0.261. The second kappa shape index (κ2) is 7.20. The third kappa shape index (κ3) is 3.95. The highest BCUT2D eigenvalue weighted by molar-refractivity contribution is 9.10. The predicted molar refractivity (Wildman–Crippen MR) is 74.9 cm³/mol. The molecule has 3 heteroatoms. The standard InChI is InChI=1S/C14H16BrNO/c1-3-8-16(9-4-2)14(11-17)12-6-5-7-13(15)10-12/h3-7,10-11,14H,1-2,8-9H2. The van der Waals surface area contributed by atoms with Gasteiger partial charge in [0.05, 0.1) is 6.04 Å². The zero-order valence-electron chi connectivity index (χ0n) is 9.68.